The van der Waals surface area contributed by atoms with Gasteiger partial charge in [-0.2, -0.15) is 5.26 Å². The minimum Gasteiger partial charge on any atom is -0.354 e. The van der Waals surface area contributed by atoms with Crippen molar-refractivity contribution in [2.24, 2.45) is 0 Å². The number of rotatable bonds is 4. The van der Waals surface area contributed by atoms with Gasteiger partial charge in [0.05, 0.1) is 18.2 Å². The van der Waals surface area contributed by atoms with Crippen molar-refractivity contribution in [3.63, 3.8) is 0 Å². The number of nitrogens with one attached hydrogen (secondary N) is 1. The molecule has 1 aromatic rings. The Labute approximate surface area is 137 Å². The molecule has 0 aliphatic carbocycles. The molecule has 1 amide bonds. The number of pyridine rings is 1. The molecule has 0 radical (unpaired) electrons. The van der Waals surface area contributed by atoms with Gasteiger partial charge >= 0.3 is 0 Å². The quantitative estimate of drug-likeness (QED) is 0.825. The Bertz CT molecular complexity index is 631. The van der Waals surface area contributed by atoms with Crippen molar-refractivity contribution in [2.75, 3.05) is 37.6 Å². The molecule has 120 valence electrons. The monoisotopic (exact) mass is 311 g/mol. The van der Waals surface area contributed by atoms with Crippen LogP contribution in [0.5, 0.6) is 0 Å². The predicted octanol–water partition coefficient (Wildman–Crippen LogP) is 0.603. The summed E-state index contributed by atoms with van der Waals surface area (Å²) in [6.45, 7) is 5.27. The molecular formula is C17H21N5O. The second-order valence-electron chi connectivity index (χ2n) is 5.46. The molecule has 1 unspecified atom stereocenters. The normalized spacial score (nSPS) is 16.7. The third-order valence-corrected chi connectivity index (χ3v) is 4.03. The second-order valence-corrected chi connectivity index (χ2v) is 5.46. The van der Waals surface area contributed by atoms with Crippen LogP contribution in [0.4, 0.5) is 5.82 Å². The lowest BCUT2D eigenvalue weighted by atomic mass is 10.2. The third-order valence-electron chi connectivity index (χ3n) is 4.03. The summed E-state index contributed by atoms with van der Waals surface area (Å²) in [5.74, 6) is 3.09. The van der Waals surface area contributed by atoms with E-state index in [2.05, 4.69) is 32.1 Å². The van der Waals surface area contributed by atoms with Crippen molar-refractivity contribution in [3.8, 4) is 18.4 Å². The summed E-state index contributed by atoms with van der Waals surface area (Å²) < 4.78 is 0. The second kappa shape index (κ2) is 8.17. The van der Waals surface area contributed by atoms with Crippen LogP contribution in [-0.4, -0.2) is 54.6 Å². The molecule has 2 rings (SSSR count). The van der Waals surface area contributed by atoms with E-state index >= 15 is 0 Å². The van der Waals surface area contributed by atoms with E-state index < -0.39 is 0 Å². The van der Waals surface area contributed by atoms with Gasteiger partial charge in [0.15, 0.2) is 0 Å². The fourth-order valence-corrected chi connectivity index (χ4v) is 2.72. The maximum atomic E-state index is 12.0. The molecule has 1 aromatic heterocycles. The number of amides is 1. The summed E-state index contributed by atoms with van der Waals surface area (Å²) in [5, 5.41) is 11.9. The van der Waals surface area contributed by atoms with Crippen molar-refractivity contribution in [1.82, 2.24) is 15.2 Å². The first-order valence-electron chi connectivity index (χ1n) is 7.72. The van der Waals surface area contributed by atoms with Crippen LogP contribution >= 0.6 is 0 Å². The first-order chi connectivity index (χ1) is 11.2. The summed E-state index contributed by atoms with van der Waals surface area (Å²) >= 11 is 0. The van der Waals surface area contributed by atoms with Crippen LogP contribution < -0.4 is 10.2 Å². The number of terminal acetylenes is 1. The fourth-order valence-electron chi connectivity index (χ4n) is 2.72. The molecule has 2 heterocycles. The smallest absolute Gasteiger partial charge is 0.237 e. The lowest BCUT2D eigenvalue weighted by Crippen LogP contribution is -2.46. The van der Waals surface area contributed by atoms with Crippen LogP contribution in [-0.2, 0) is 4.79 Å². The number of hydrogen-bond donors (Lipinski definition) is 1. The molecule has 1 saturated heterocycles. The Morgan fingerprint density at radius 3 is 3.04 bits per heavy atom. The molecule has 1 atom stereocenters. The Balaban J connectivity index is 2.01. The van der Waals surface area contributed by atoms with E-state index in [0.717, 1.165) is 38.4 Å². The molecule has 0 spiro atoms. The zero-order chi connectivity index (χ0) is 16.7. The maximum absolute atomic E-state index is 12.0. The molecule has 1 fully saturated rings. The lowest BCUT2D eigenvalue weighted by molar-refractivity contribution is -0.125. The highest BCUT2D eigenvalue weighted by atomic mass is 16.2. The zero-order valence-corrected chi connectivity index (χ0v) is 13.3. The van der Waals surface area contributed by atoms with Gasteiger partial charge in [-0.3, -0.25) is 9.69 Å². The van der Waals surface area contributed by atoms with Gasteiger partial charge in [-0.05, 0) is 25.5 Å². The molecule has 6 nitrogen and oxygen atoms in total. The fraction of sp³-hybridized carbons (Fsp3) is 0.471. The van der Waals surface area contributed by atoms with E-state index in [4.69, 9.17) is 6.42 Å². The number of carbonyl (C=O) groups is 1. The van der Waals surface area contributed by atoms with E-state index in [1.54, 1.807) is 18.3 Å². The average Bonchev–Trinajstić information content (AvgIpc) is 2.84. The molecule has 1 aliphatic rings. The Morgan fingerprint density at radius 2 is 2.30 bits per heavy atom. The van der Waals surface area contributed by atoms with Crippen LogP contribution in [0.15, 0.2) is 18.3 Å². The van der Waals surface area contributed by atoms with Crippen LogP contribution in [0.3, 0.4) is 0 Å². The summed E-state index contributed by atoms with van der Waals surface area (Å²) in [6, 6.07) is 5.51. The average molecular weight is 311 g/mol. The van der Waals surface area contributed by atoms with E-state index in [-0.39, 0.29) is 18.5 Å². The minimum absolute atomic E-state index is 0.0491. The van der Waals surface area contributed by atoms with Gasteiger partial charge in [0.25, 0.3) is 0 Å². The van der Waals surface area contributed by atoms with E-state index in [1.807, 2.05) is 6.92 Å². The predicted molar refractivity (Wildman–Crippen MR) is 88.7 cm³/mol. The van der Waals surface area contributed by atoms with Gasteiger partial charge in [-0.1, -0.05) is 5.92 Å². The Morgan fingerprint density at radius 1 is 1.48 bits per heavy atom. The topological polar surface area (TPSA) is 72.3 Å². The summed E-state index contributed by atoms with van der Waals surface area (Å²) in [7, 11) is 0. The van der Waals surface area contributed by atoms with Crippen LogP contribution in [0.25, 0.3) is 0 Å². The molecule has 6 heteroatoms. The van der Waals surface area contributed by atoms with Crippen LogP contribution in [0, 0.1) is 23.7 Å². The first-order valence-corrected chi connectivity index (χ1v) is 7.72. The Hall–Kier alpha value is -2.57. The largest absolute Gasteiger partial charge is 0.354 e. The van der Waals surface area contributed by atoms with Gasteiger partial charge in [0.1, 0.15) is 11.9 Å². The SMILES string of the molecule is C#CCNC(=O)C(C)N1CCCN(c2ncccc2C#N)CC1. The number of nitrogens with zero attached hydrogens (tertiary/aromatic N) is 4. The Kier molecular flexibility index (Phi) is 5.96. The minimum atomic E-state index is -0.220. The van der Waals surface area contributed by atoms with Crippen LogP contribution in [0.2, 0.25) is 0 Å². The van der Waals surface area contributed by atoms with Crippen molar-refractivity contribution in [3.05, 3.63) is 23.9 Å². The number of nitriles is 1. The summed E-state index contributed by atoms with van der Waals surface area (Å²) in [6.07, 6.45) is 7.79. The number of aromatic nitrogens is 1. The van der Waals surface area contributed by atoms with E-state index in [1.165, 1.54) is 0 Å². The highest BCUT2D eigenvalue weighted by molar-refractivity contribution is 5.81. The molecule has 1 N–H and O–H groups in total. The molecular weight excluding hydrogens is 290 g/mol. The maximum Gasteiger partial charge on any atom is 0.237 e. The highest BCUT2D eigenvalue weighted by Crippen LogP contribution is 2.18. The van der Waals surface area contributed by atoms with Crippen molar-refractivity contribution >= 4 is 11.7 Å². The standard InChI is InChI=1S/C17H21N5O/c1-3-7-20-17(23)14(2)21-9-5-10-22(12-11-21)16-15(13-18)6-4-8-19-16/h1,4,6,8,14H,5,7,9-12H2,2H3,(H,20,23). The van der Waals surface area contributed by atoms with E-state index in [9.17, 15) is 10.1 Å². The van der Waals surface area contributed by atoms with Gasteiger partial charge in [0.2, 0.25) is 5.91 Å². The number of anilines is 1. The molecule has 1 aliphatic heterocycles. The zero-order valence-electron chi connectivity index (χ0n) is 13.3. The van der Waals surface area contributed by atoms with Crippen LogP contribution in [0.1, 0.15) is 18.9 Å². The third kappa shape index (κ3) is 4.21. The molecule has 0 saturated carbocycles. The highest BCUT2D eigenvalue weighted by Gasteiger charge is 2.24. The number of hydrogen-bond acceptors (Lipinski definition) is 5. The molecule has 0 bridgehead atoms. The first kappa shape index (κ1) is 16.8. The molecule has 23 heavy (non-hydrogen) atoms. The number of carbonyl (C=O) groups excluding carboxylic acids is 1. The van der Waals surface area contributed by atoms with Crippen molar-refractivity contribution < 1.29 is 4.79 Å². The van der Waals surface area contributed by atoms with Crippen molar-refractivity contribution in [1.29, 1.82) is 5.26 Å². The lowest BCUT2D eigenvalue weighted by Gasteiger charge is -2.27. The molecule has 0 aromatic carbocycles. The van der Waals surface area contributed by atoms with Gasteiger partial charge in [-0.15, -0.1) is 6.42 Å². The van der Waals surface area contributed by atoms with Gasteiger partial charge in [-0.25, -0.2) is 4.98 Å². The van der Waals surface area contributed by atoms with Gasteiger partial charge < -0.3 is 10.2 Å². The van der Waals surface area contributed by atoms with E-state index in [0.29, 0.717) is 5.56 Å². The van der Waals surface area contributed by atoms with Crippen molar-refractivity contribution in [2.45, 2.75) is 19.4 Å². The summed E-state index contributed by atoms with van der Waals surface area (Å²) in [4.78, 5) is 20.6. The summed E-state index contributed by atoms with van der Waals surface area (Å²) in [5.41, 5.74) is 0.584. The van der Waals surface area contributed by atoms with Gasteiger partial charge in [0, 0.05) is 32.4 Å².